The minimum atomic E-state index is -0.169. The number of anilines is 1. The summed E-state index contributed by atoms with van der Waals surface area (Å²) in [4.78, 5) is 15.9. The number of H-pyrrole nitrogens is 1. The third-order valence-electron chi connectivity index (χ3n) is 4.29. The molecule has 0 aliphatic heterocycles. The highest BCUT2D eigenvalue weighted by molar-refractivity contribution is 6.04. The van der Waals surface area contributed by atoms with E-state index in [0.717, 1.165) is 27.8 Å². The lowest BCUT2D eigenvalue weighted by Gasteiger charge is -2.08. The van der Waals surface area contributed by atoms with Crippen LogP contribution in [0.25, 0.3) is 22.2 Å². The van der Waals surface area contributed by atoms with Crippen molar-refractivity contribution >= 4 is 22.5 Å². The number of amides is 1. The topological polar surface area (TPSA) is 54.1 Å². The standard InChI is InChI=1S/C22H18N2O2/c1-26-19-10-5-8-17(13-19)22(25)23-18-9-4-7-15(12-18)21-14-16-6-2-3-11-20(16)24-21/h2-14,24H,1H3,(H,23,25). The zero-order valence-corrected chi connectivity index (χ0v) is 14.3. The van der Waals surface area contributed by atoms with Crippen LogP contribution in [0.5, 0.6) is 5.75 Å². The van der Waals surface area contributed by atoms with Crippen LogP contribution in [-0.2, 0) is 0 Å². The molecule has 0 spiro atoms. The molecular formula is C22H18N2O2. The molecule has 0 aliphatic rings. The van der Waals surface area contributed by atoms with E-state index in [4.69, 9.17) is 4.74 Å². The zero-order valence-electron chi connectivity index (χ0n) is 14.3. The van der Waals surface area contributed by atoms with Gasteiger partial charge in [0.15, 0.2) is 0 Å². The van der Waals surface area contributed by atoms with Gasteiger partial charge in [0.2, 0.25) is 0 Å². The molecule has 4 aromatic rings. The van der Waals surface area contributed by atoms with E-state index in [-0.39, 0.29) is 5.91 Å². The maximum atomic E-state index is 12.5. The summed E-state index contributed by atoms with van der Waals surface area (Å²) in [5.41, 5.74) is 4.43. The molecule has 0 saturated heterocycles. The molecule has 0 bridgehead atoms. The molecule has 4 nitrogen and oxygen atoms in total. The van der Waals surface area contributed by atoms with Crippen LogP contribution in [0.4, 0.5) is 5.69 Å². The van der Waals surface area contributed by atoms with E-state index in [1.54, 1.807) is 25.3 Å². The van der Waals surface area contributed by atoms with Crippen LogP contribution >= 0.6 is 0 Å². The van der Waals surface area contributed by atoms with E-state index in [1.807, 2.05) is 48.5 Å². The number of methoxy groups -OCH3 is 1. The van der Waals surface area contributed by atoms with Gasteiger partial charge in [-0.2, -0.15) is 0 Å². The lowest BCUT2D eigenvalue weighted by Crippen LogP contribution is -2.11. The first-order valence-corrected chi connectivity index (χ1v) is 8.36. The number of fused-ring (bicyclic) bond motifs is 1. The Morgan fingerprint density at radius 3 is 2.62 bits per heavy atom. The quantitative estimate of drug-likeness (QED) is 0.542. The number of hydrogen-bond acceptors (Lipinski definition) is 2. The fourth-order valence-electron chi connectivity index (χ4n) is 2.96. The Morgan fingerprint density at radius 2 is 1.77 bits per heavy atom. The second-order valence-corrected chi connectivity index (χ2v) is 6.04. The van der Waals surface area contributed by atoms with Crippen molar-refractivity contribution in [2.24, 2.45) is 0 Å². The first kappa shape index (κ1) is 16.0. The highest BCUT2D eigenvalue weighted by Crippen LogP contribution is 2.26. The van der Waals surface area contributed by atoms with Gasteiger partial charge in [0.25, 0.3) is 5.91 Å². The van der Waals surface area contributed by atoms with Crippen LogP contribution in [0, 0.1) is 0 Å². The van der Waals surface area contributed by atoms with Crippen LogP contribution in [0.15, 0.2) is 78.9 Å². The van der Waals surface area contributed by atoms with E-state index in [0.29, 0.717) is 11.3 Å². The highest BCUT2D eigenvalue weighted by atomic mass is 16.5. The number of carbonyl (C=O) groups is 1. The monoisotopic (exact) mass is 342 g/mol. The van der Waals surface area contributed by atoms with Crippen molar-refractivity contribution in [3.63, 3.8) is 0 Å². The average Bonchev–Trinajstić information content (AvgIpc) is 3.12. The molecule has 2 N–H and O–H groups in total. The third-order valence-corrected chi connectivity index (χ3v) is 4.29. The summed E-state index contributed by atoms with van der Waals surface area (Å²) in [6.45, 7) is 0. The van der Waals surface area contributed by atoms with E-state index in [1.165, 1.54) is 0 Å². The molecule has 0 saturated carbocycles. The molecule has 0 fully saturated rings. The van der Waals surface area contributed by atoms with Gasteiger partial charge in [-0.3, -0.25) is 4.79 Å². The van der Waals surface area contributed by atoms with Gasteiger partial charge in [-0.1, -0.05) is 36.4 Å². The second kappa shape index (κ2) is 6.76. The van der Waals surface area contributed by atoms with Gasteiger partial charge in [0.1, 0.15) is 5.75 Å². The molecule has 1 heterocycles. The largest absolute Gasteiger partial charge is 0.497 e. The summed E-state index contributed by atoms with van der Waals surface area (Å²) in [5, 5.41) is 4.11. The Hall–Kier alpha value is -3.53. The van der Waals surface area contributed by atoms with Gasteiger partial charge in [-0.05, 0) is 42.5 Å². The van der Waals surface area contributed by atoms with Crippen molar-refractivity contribution in [1.29, 1.82) is 0 Å². The number of aromatic amines is 1. The first-order valence-electron chi connectivity index (χ1n) is 8.36. The molecule has 0 aliphatic carbocycles. The van der Waals surface area contributed by atoms with Crippen molar-refractivity contribution in [3.8, 4) is 17.0 Å². The Morgan fingerprint density at radius 1 is 0.923 bits per heavy atom. The average molecular weight is 342 g/mol. The van der Waals surface area contributed by atoms with E-state index in [2.05, 4.69) is 22.4 Å². The van der Waals surface area contributed by atoms with Crippen molar-refractivity contribution in [2.45, 2.75) is 0 Å². The molecule has 3 aromatic carbocycles. The predicted molar refractivity (Wildman–Crippen MR) is 105 cm³/mol. The lowest BCUT2D eigenvalue weighted by atomic mass is 10.1. The second-order valence-electron chi connectivity index (χ2n) is 6.04. The van der Waals surface area contributed by atoms with Crippen LogP contribution < -0.4 is 10.1 Å². The van der Waals surface area contributed by atoms with E-state index >= 15 is 0 Å². The molecule has 26 heavy (non-hydrogen) atoms. The molecular weight excluding hydrogens is 324 g/mol. The molecule has 1 amide bonds. The Bertz CT molecular complexity index is 1050. The van der Waals surface area contributed by atoms with E-state index in [9.17, 15) is 4.79 Å². The lowest BCUT2D eigenvalue weighted by molar-refractivity contribution is 0.102. The summed E-state index contributed by atoms with van der Waals surface area (Å²) in [6, 6.07) is 25.1. The molecule has 0 atom stereocenters. The summed E-state index contributed by atoms with van der Waals surface area (Å²) >= 11 is 0. The Kier molecular flexibility index (Phi) is 4.15. The van der Waals surface area contributed by atoms with Crippen LogP contribution in [0.3, 0.4) is 0 Å². The fourth-order valence-corrected chi connectivity index (χ4v) is 2.96. The molecule has 0 radical (unpaired) electrons. The van der Waals surface area contributed by atoms with Crippen LogP contribution in [-0.4, -0.2) is 18.0 Å². The summed E-state index contributed by atoms with van der Waals surface area (Å²) in [5.74, 6) is 0.488. The van der Waals surface area contributed by atoms with Crippen molar-refractivity contribution < 1.29 is 9.53 Å². The number of carbonyl (C=O) groups excluding carboxylic acids is 1. The molecule has 128 valence electrons. The minimum absolute atomic E-state index is 0.169. The van der Waals surface area contributed by atoms with Crippen LogP contribution in [0.1, 0.15) is 10.4 Å². The van der Waals surface area contributed by atoms with Gasteiger partial charge in [0.05, 0.1) is 7.11 Å². The number of rotatable bonds is 4. The van der Waals surface area contributed by atoms with Gasteiger partial charge < -0.3 is 15.0 Å². The van der Waals surface area contributed by atoms with Gasteiger partial charge in [-0.25, -0.2) is 0 Å². The normalized spacial score (nSPS) is 10.7. The number of benzene rings is 3. The fraction of sp³-hybridized carbons (Fsp3) is 0.0455. The zero-order chi connectivity index (χ0) is 17.9. The van der Waals surface area contributed by atoms with E-state index < -0.39 is 0 Å². The molecule has 4 heteroatoms. The molecule has 1 aromatic heterocycles. The van der Waals surface area contributed by atoms with Crippen LogP contribution in [0.2, 0.25) is 0 Å². The number of hydrogen-bond donors (Lipinski definition) is 2. The summed E-state index contributed by atoms with van der Waals surface area (Å²) in [6.07, 6.45) is 0. The number of aromatic nitrogens is 1. The number of nitrogens with one attached hydrogen (secondary N) is 2. The summed E-state index contributed by atoms with van der Waals surface area (Å²) < 4.78 is 5.18. The maximum absolute atomic E-state index is 12.5. The van der Waals surface area contributed by atoms with Crippen molar-refractivity contribution in [2.75, 3.05) is 12.4 Å². The first-order chi connectivity index (χ1) is 12.7. The molecule has 0 unspecified atom stereocenters. The highest BCUT2D eigenvalue weighted by Gasteiger charge is 2.09. The Balaban J connectivity index is 1.60. The van der Waals surface area contributed by atoms with Crippen molar-refractivity contribution in [1.82, 2.24) is 4.98 Å². The third kappa shape index (κ3) is 3.17. The predicted octanol–water partition coefficient (Wildman–Crippen LogP) is 5.10. The minimum Gasteiger partial charge on any atom is -0.497 e. The SMILES string of the molecule is COc1cccc(C(=O)Nc2cccc(-c3cc4ccccc4[nH]3)c2)c1. The van der Waals surface area contributed by atoms with Crippen molar-refractivity contribution in [3.05, 3.63) is 84.4 Å². The van der Waals surface area contributed by atoms with Gasteiger partial charge in [0, 0.05) is 33.4 Å². The number of para-hydroxylation sites is 1. The summed E-state index contributed by atoms with van der Waals surface area (Å²) in [7, 11) is 1.58. The Labute approximate surface area is 151 Å². The smallest absolute Gasteiger partial charge is 0.255 e. The van der Waals surface area contributed by atoms with Gasteiger partial charge in [-0.15, -0.1) is 0 Å². The number of ether oxygens (including phenoxy) is 1. The maximum Gasteiger partial charge on any atom is 0.255 e. The van der Waals surface area contributed by atoms with Gasteiger partial charge >= 0.3 is 0 Å². The molecule has 4 rings (SSSR count).